The number of rotatable bonds is 6. The van der Waals surface area contributed by atoms with Gasteiger partial charge in [0.05, 0.1) is 48.7 Å². The van der Waals surface area contributed by atoms with Crippen molar-refractivity contribution in [3.05, 3.63) is 47.7 Å². The molecule has 2 saturated heterocycles. The lowest BCUT2D eigenvalue weighted by Crippen LogP contribution is -2.42. The predicted molar refractivity (Wildman–Crippen MR) is 140 cm³/mol. The molecule has 0 aliphatic carbocycles. The molecule has 2 fully saturated rings. The molecule has 2 unspecified atom stereocenters. The van der Waals surface area contributed by atoms with Crippen LogP contribution in [0.2, 0.25) is 0 Å². The highest BCUT2D eigenvalue weighted by Gasteiger charge is 2.36. The summed E-state index contributed by atoms with van der Waals surface area (Å²) in [7, 11) is 1.63. The minimum atomic E-state index is -0.222. The molecule has 5 rings (SSSR count). The Morgan fingerprint density at radius 2 is 2.05 bits per heavy atom. The summed E-state index contributed by atoms with van der Waals surface area (Å²) in [6.07, 6.45) is 10.6. The summed E-state index contributed by atoms with van der Waals surface area (Å²) in [6, 6.07) is 2.09. The first-order chi connectivity index (χ1) is 17.8. The first-order valence-corrected chi connectivity index (χ1v) is 13.2. The summed E-state index contributed by atoms with van der Waals surface area (Å²) in [5, 5.41) is 0. The standard InChI is InChI=1S/C28H37N5O4/c1-19-13-22(15-29-25(19)35-4)32-10-6-24-23(17-32)26(31-18-30-24)36-11-7-20-5-9-33(16-20)27(34)21-8-12-37-28(2,3)14-21/h7,11,13,15,18,20-21H,5-6,8-10,12,14,16-17H2,1-4H3. The van der Waals surface area contributed by atoms with Crippen LogP contribution in [-0.2, 0) is 22.5 Å². The van der Waals surface area contributed by atoms with Gasteiger partial charge in [0.15, 0.2) is 0 Å². The summed E-state index contributed by atoms with van der Waals surface area (Å²) in [4.78, 5) is 30.7. The van der Waals surface area contributed by atoms with Crippen LogP contribution < -0.4 is 14.4 Å². The zero-order valence-corrected chi connectivity index (χ0v) is 22.3. The number of ether oxygens (including phenoxy) is 3. The van der Waals surface area contributed by atoms with Gasteiger partial charge in [0, 0.05) is 44.1 Å². The molecule has 2 aromatic rings. The first kappa shape index (κ1) is 25.4. The van der Waals surface area contributed by atoms with Crippen molar-refractivity contribution in [2.24, 2.45) is 11.8 Å². The van der Waals surface area contributed by atoms with Crippen molar-refractivity contribution < 1.29 is 19.0 Å². The lowest BCUT2D eigenvalue weighted by molar-refractivity contribution is -0.144. The summed E-state index contributed by atoms with van der Waals surface area (Å²) < 4.78 is 17.1. The number of pyridine rings is 1. The maximum absolute atomic E-state index is 13.1. The van der Waals surface area contributed by atoms with Gasteiger partial charge in [-0.25, -0.2) is 15.0 Å². The van der Waals surface area contributed by atoms with Crippen molar-refractivity contribution in [2.45, 2.75) is 58.6 Å². The predicted octanol–water partition coefficient (Wildman–Crippen LogP) is 3.70. The second-order valence-corrected chi connectivity index (χ2v) is 10.9. The highest BCUT2D eigenvalue weighted by Crippen LogP contribution is 2.32. The van der Waals surface area contributed by atoms with E-state index in [1.807, 2.05) is 18.0 Å². The molecule has 0 radical (unpaired) electrons. The number of fused-ring (bicyclic) bond motifs is 1. The van der Waals surface area contributed by atoms with E-state index < -0.39 is 0 Å². The zero-order valence-electron chi connectivity index (χ0n) is 22.3. The molecule has 9 heteroatoms. The van der Waals surface area contributed by atoms with E-state index in [2.05, 4.69) is 45.8 Å². The molecule has 5 heterocycles. The van der Waals surface area contributed by atoms with Crippen LogP contribution in [0.15, 0.2) is 30.9 Å². The second kappa shape index (κ2) is 10.7. The quantitative estimate of drug-likeness (QED) is 0.547. The Labute approximate surface area is 218 Å². The molecular weight excluding hydrogens is 470 g/mol. The van der Waals surface area contributed by atoms with E-state index in [0.717, 1.165) is 67.8 Å². The Morgan fingerprint density at radius 1 is 1.19 bits per heavy atom. The number of methoxy groups -OCH3 is 1. The summed E-state index contributed by atoms with van der Waals surface area (Å²) in [5.74, 6) is 1.82. The molecule has 0 N–H and O–H groups in total. The molecule has 198 valence electrons. The van der Waals surface area contributed by atoms with Crippen LogP contribution in [0, 0.1) is 18.8 Å². The van der Waals surface area contributed by atoms with Crippen molar-refractivity contribution in [1.82, 2.24) is 19.9 Å². The van der Waals surface area contributed by atoms with E-state index in [0.29, 0.717) is 24.9 Å². The van der Waals surface area contributed by atoms with Gasteiger partial charge in [-0.2, -0.15) is 0 Å². The SMILES string of the molecule is COc1ncc(N2CCc3ncnc(OC=CC4CCN(C(=O)C5CCOC(C)(C)C5)C4)c3C2)cc1C. The lowest BCUT2D eigenvalue weighted by atomic mass is 9.87. The van der Waals surface area contributed by atoms with Gasteiger partial charge in [-0.05, 0) is 58.1 Å². The summed E-state index contributed by atoms with van der Waals surface area (Å²) in [5.41, 5.74) is 3.83. The van der Waals surface area contributed by atoms with Crippen molar-refractivity contribution in [1.29, 1.82) is 0 Å². The number of aromatic nitrogens is 3. The largest absolute Gasteiger partial charge is 0.481 e. The molecule has 0 saturated carbocycles. The molecule has 2 atom stereocenters. The number of amides is 1. The Morgan fingerprint density at radius 3 is 2.84 bits per heavy atom. The number of aryl methyl sites for hydroxylation is 1. The topological polar surface area (TPSA) is 89.9 Å². The Hall–Kier alpha value is -3.20. The average molecular weight is 508 g/mol. The third kappa shape index (κ3) is 5.71. The first-order valence-electron chi connectivity index (χ1n) is 13.2. The van der Waals surface area contributed by atoms with Gasteiger partial charge in [-0.1, -0.05) is 0 Å². The van der Waals surface area contributed by atoms with Crippen molar-refractivity contribution in [3.8, 4) is 11.8 Å². The minimum absolute atomic E-state index is 0.0582. The fourth-order valence-electron chi connectivity index (χ4n) is 5.63. The molecule has 0 bridgehead atoms. The Kier molecular flexibility index (Phi) is 7.33. The normalized spacial score (nSPS) is 23.2. The van der Waals surface area contributed by atoms with Gasteiger partial charge in [-0.15, -0.1) is 0 Å². The number of carbonyl (C=O) groups is 1. The van der Waals surface area contributed by atoms with Crippen LogP contribution in [0.5, 0.6) is 11.8 Å². The number of hydrogen-bond acceptors (Lipinski definition) is 8. The van der Waals surface area contributed by atoms with E-state index in [4.69, 9.17) is 14.2 Å². The van der Waals surface area contributed by atoms with E-state index in [1.54, 1.807) is 19.7 Å². The van der Waals surface area contributed by atoms with Crippen LogP contribution in [0.3, 0.4) is 0 Å². The maximum atomic E-state index is 13.1. The van der Waals surface area contributed by atoms with E-state index >= 15 is 0 Å². The molecule has 2 aromatic heterocycles. The maximum Gasteiger partial charge on any atom is 0.226 e. The van der Waals surface area contributed by atoms with Crippen molar-refractivity contribution in [3.63, 3.8) is 0 Å². The fraction of sp³-hybridized carbons (Fsp3) is 0.571. The summed E-state index contributed by atoms with van der Waals surface area (Å²) >= 11 is 0. The molecule has 1 amide bonds. The molecule has 9 nitrogen and oxygen atoms in total. The second-order valence-electron chi connectivity index (χ2n) is 10.9. The number of anilines is 1. The monoisotopic (exact) mass is 507 g/mol. The van der Waals surface area contributed by atoms with E-state index in [9.17, 15) is 4.79 Å². The smallest absolute Gasteiger partial charge is 0.226 e. The molecule has 0 spiro atoms. The number of hydrogen-bond donors (Lipinski definition) is 0. The van der Waals surface area contributed by atoms with E-state index in [-0.39, 0.29) is 23.3 Å². The number of nitrogens with zero attached hydrogens (tertiary/aromatic N) is 5. The molecular formula is C28H37N5O4. The zero-order chi connectivity index (χ0) is 26.0. The van der Waals surface area contributed by atoms with Crippen LogP contribution >= 0.6 is 0 Å². The third-order valence-electron chi connectivity index (χ3n) is 7.65. The van der Waals surface area contributed by atoms with Crippen LogP contribution in [0.1, 0.15) is 49.9 Å². The molecule has 3 aliphatic heterocycles. The number of likely N-dealkylation sites (tertiary alicyclic amines) is 1. The lowest BCUT2D eigenvalue weighted by Gasteiger charge is -2.36. The fourth-order valence-corrected chi connectivity index (χ4v) is 5.63. The minimum Gasteiger partial charge on any atom is -0.481 e. The van der Waals surface area contributed by atoms with E-state index in [1.165, 1.54) is 0 Å². The average Bonchev–Trinajstić information content (AvgIpc) is 3.36. The van der Waals surface area contributed by atoms with Crippen LogP contribution in [0.25, 0.3) is 0 Å². The van der Waals surface area contributed by atoms with Crippen molar-refractivity contribution in [2.75, 3.05) is 38.3 Å². The Balaban J connectivity index is 1.20. The molecule has 37 heavy (non-hydrogen) atoms. The highest BCUT2D eigenvalue weighted by molar-refractivity contribution is 5.79. The highest BCUT2D eigenvalue weighted by atomic mass is 16.5. The van der Waals surface area contributed by atoms with Crippen molar-refractivity contribution >= 4 is 11.6 Å². The Bertz CT molecular complexity index is 1170. The van der Waals surface area contributed by atoms with Gasteiger partial charge in [0.25, 0.3) is 0 Å². The third-order valence-corrected chi connectivity index (χ3v) is 7.65. The van der Waals surface area contributed by atoms with Gasteiger partial charge in [0.2, 0.25) is 17.7 Å². The van der Waals surface area contributed by atoms with Gasteiger partial charge in [-0.3, -0.25) is 4.79 Å². The molecule has 3 aliphatic rings. The van der Waals surface area contributed by atoms with Gasteiger partial charge < -0.3 is 24.0 Å². The molecule has 0 aromatic carbocycles. The van der Waals surface area contributed by atoms with Gasteiger partial charge in [0.1, 0.15) is 6.33 Å². The number of carbonyl (C=O) groups excluding carboxylic acids is 1. The summed E-state index contributed by atoms with van der Waals surface area (Å²) in [6.45, 7) is 9.82. The van der Waals surface area contributed by atoms with Gasteiger partial charge >= 0.3 is 0 Å². The van der Waals surface area contributed by atoms with Crippen LogP contribution in [0.4, 0.5) is 5.69 Å². The van der Waals surface area contributed by atoms with Crippen LogP contribution in [-0.4, -0.2) is 64.7 Å².